The molecule has 0 saturated heterocycles. The molecule has 0 radical (unpaired) electrons. The molecule has 0 spiro atoms. The Kier molecular flexibility index (Phi) is 8.66. The van der Waals surface area contributed by atoms with Crippen LogP contribution in [0.3, 0.4) is 0 Å². The van der Waals surface area contributed by atoms with Crippen LogP contribution in [0.5, 0.6) is 0 Å². The molecule has 20 heavy (non-hydrogen) atoms. The Bertz CT molecular complexity index is 428. The molecule has 116 valence electrons. The molecule has 1 fully saturated rings. The second-order valence-corrected chi connectivity index (χ2v) is 6.47. The van der Waals surface area contributed by atoms with Gasteiger partial charge in [-0.3, -0.25) is 4.79 Å². The summed E-state index contributed by atoms with van der Waals surface area (Å²) in [4.78, 5) is 19.2. The van der Waals surface area contributed by atoms with E-state index in [1.165, 1.54) is 0 Å². The summed E-state index contributed by atoms with van der Waals surface area (Å²) < 4.78 is 0. The molecule has 1 aliphatic rings. The fourth-order valence-electron chi connectivity index (χ4n) is 2.50. The number of thiazole rings is 1. The maximum Gasteiger partial charge on any atom is 0.222 e. The Hall–Kier alpha value is -0.360. The first-order chi connectivity index (χ1) is 8.56. The van der Waals surface area contributed by atoms with Crippen molar-refractivity contribution in [1.29, 1.82) is 0 Å². The largest absolute Gasteiger partial charge is 0.341 e. The molecule has 2 N–H and O–H groups in total. The Morgan fingerprint density at radius 1 is 1.50 bits per heavy atom. The molecule has 0 bridgehead atoms. The van der Waals surface area contributed by atoms with Gasteiger partial charge in [0.05, 0.1) is 11.6 Å². The molecule has 1 aromatic rings. The minimum atomic E-state index is 0. The quantitative estimate of drug-likeness (QED) is 0.917. The lowest BCUT2D eigenvalue weighted by molar-refractivity contribution is -0.131. The van der Waals surface area contributed by atoms with Crippen LogP contribution in [-0.4, -0.2) is 28.9 Å². The molecule has 1 heterocycles. The SMILES string of the molecule is Cc1ncc(CN(C)C(=O)C[C@@H]2CCC[C@H]2N)s1.Cl.Cl. The van der Waals surface area contributed by atoms with Gasteiger partial charge >= 0.3 is 0 Å². The molecule has 2 rings (SSSR count). The van der Waals surface area contributed by atoms with E-state index in [1.807, 2.05) is 20.2 Å². The van der Waals surface area contributed by atoms with Crippen LogP contribution in [0.4, 0.5) is 0 Å². The van der Waals surface area contributed by atoms with Crippen molar-refractivity contribution in [3.05, 3.63) is 16.1 Å². The van der Waals surface area contributed by atoms with Crippen LogP contribution in [0.1, 0.15) is 35.6 Å². The van der Waals surface area contributed by atoms with Crippen LogP contribution in [0.15, 0.2) is 6.20 Å². The van der Waals surface area contributed by atoms with Crippen molar-refractivity contribution in [2.75, 3.05) is 7.05 Å². The van der Waals surface area contributed by atoms with Crippen LogP contribution < -0.4 is 5.73 Å². The molecule has 2 atom stereocenters. The van der Waals surface area contributed by atoms with E-state index in [2.05, 4.69) is 4.98 Å². The first kappa shape index (κ1) is 19.6. The number of nitrogens with zero attached hydrogens (tertiary/aromatic N) is 2. The van der Waals surface area contributed by atoms with Gasteiger partial charge in [-0.1, -0.05) is 6.42 Å². The van der Waals surface area contributed by atoms with E-state index in [4.69, 9.17) is 5.73 Å². The highest BCUT2D eigenvalue weighted by Gasteiger charge is 2.27. The van der Waals surface area contributed by atoms with Gasteiger partial charge in [0, 0.05) is 30.6 Å². The Morgan fingerprint density at radius 2 is 2.20 bits per heavy atom. The maximum atomic E-state index is 12.1. The third kappa shape index (κ3) is 5.20. The number of halogens is 2. The van der Waals surface area contributed by atoms with Crippen molar-refractivity contribution in [3.8, 4) is 0 Å². The van der Waals surface area contributed by atoms with E-state index in [9.17, 15) is 4.79 Å². The number of hydrogen-bond acceptors (Lipinski definition) is 4. The van der Waals surface area contributed by atoms with Gasteiger partial charge in [-0.15, -0.1) is 36.2 Å². The van der Waals surface area contributed by atoms with Gasteiger partial charge in [-0.2, -0.15) is 0 Å². The predicted molar refractivity (Wildman–Crippen MR) is 87.8 cm³/mol. The molecule has 1 aromatic heterocycles. The topological polar surface area (TPSA) is 59.2 Å². The van der Waals surface area contributed by atoms with Gasteiger partial charge in [0.2, 0.25) is 5.91 Å². The minimum absolute atomic E-state index is 0. The summed E-state index contributed by atoms with van der Waals surface area (Å²) in [6.45, 7) is 2.64. The van der Waals surface area contributed by atoms with Crippen LogP contribution >= 0.6 is 36.2 Å². The van der Waals surface area contributed by atoms with Crippen molar-refractivity contribution in [3.63, 3.8) is 0 Å². The van der Waals surface area contributed by atoms with Crippen molar-refractivity contribution in [2.45, 2.75) is 45.2 Å². The van der Waals surface area contributed by atoms with Gasteiger partial charge in [0.15, 0.2) is 0 Å². The molecule has 0 aromatic carbocycles. The summed E-state index contributed by atoms with van der Waals surface area (Å²) in [6.07, 6.45) is 5.77. The summed E-state index contributed by atoms with van der Waals surface area (Å²) in [5.74, 6) is 0.576. The fraction of sp³-hybridized carbons (Fsp3) is 0.692. The van der Waals surface area contributed by atoms with Crippen LogP contribution in [0, 0.1) is 12.8 Å². The normalized spacial score (nSPS) is 20.9. The second kappa shape index (κ2) is 8.82. The predicted octanol–water partition coefficient (Wildman–Crippen LogP) is 2.77. The van der Waals surface area contributed by atoms with Crippen LogP contribution in [0.2, 0.25) is 0 Å². The van der Waals surface area contributed by atoms with Crippen molar-refractivity contribution >= 4 is 42.1 Å². The van der Waals surface area contributed by atoms with Crippen molar-refractivity contribution in [2.24, 2.45) is 11.7 Å². The average Bonchev–Trinajstić information content (AvgIpc) is 2.89. The zero-order chi connectivity index (χ0) is 13.1. The molecule has 4 nitrogen and oxygen atoms in total. The average molecular weight is 340 g/mol. The van der Waals surface area contributed by atoms with Crippen LogP contribution in [0.25, 0.3) is 0 Å². The number of amides is 1. The lowest BCUT2D eigenvalue weighted by atomic mass is 9.99. The lowest BCUT2D eigenvalue weighted by Gasteiger charge is -2.20. The summed E-state index contributed by atoms with van der Waals surface area (Å²) in [7, 11) is 1.86. The van der Waals surface area contributed by atoms with Gasteiger partial charge in [-0.05, 0) is 25.7 Å². The number of nitrogens with two attached hydrogens (primary N) is 1. The summed E-state index contributed by atoms with van der Waals surface area (Å²) >= 11 is 1.65. The highest BCUT2D eigenvalue weighted by atomic mass is 35.5. The number of carbonyl (C=O) groups excluding carboxylic acids is 1. The van der Waals surface area contributed by atoms with E-state index in [-0.39, 0.29) is 36.8 Å². The molecular formula is C13H23Cl2N3OS. The summed E-state index contributed by atoms with van der Waals surface area (Å²) in [5, 5.41) is 1.05. The number of carbonyl (C=O) groups is 1. The van der Waals surface area contributed by atoms with Gasteiger partial charge in [0.25, 0.3) is 0 Å². The number of aromatic nitrogens is 1. The Balaban J connectivity index is 0.00000180. The highest BCUT2D eigenvalue weighted by molar-refractivity contribution is 7.11. The zero-order valence-corrected chi connectivity index (χ0v) is 14.3. The monoisotopic (exact) mass is 339 g/mol. The first-order valence-electron chi connectivity index (χ1n) is 6.47. The fourth-order valence-corrected chi connectivity index (χ4v) is 3.35. The van der Waals surface area contributed by atoms with E-state index >= 15 is 0 Å². The Labute approximate surface area is 137 Å². The number of rotatable bonds is 4. The maximum absolute atomic E-state index is 12.1. The molecule has 1 saturated carbocycles. The van der Waals surface area contributed by atoms with Crippen molar-refractivity contribution < 1.29 is 4.79 Å². The smallest absolute Gasteiger partial charge is 0.222 e. The highest BCUT2D eigenvalue weighted by Crippen LogP contribution is 2.27. The van der Waals surface area contributed by atoms with E-state index in [1.54, 1.807) is 16.2 Å². The second-order valence-electron chi connectivity index (χ2n) is 5.15. The molecule has 1 amide bonds. The standard InChI is InChI=1S/C13H21N3OS.2ClH/c1-9-15-7-11(18-9)8-16(2)13(17)6-10-4-3-5-12(10)14;;/h7,10,12H,3-6,8,14H2,1-2H3;2*1H/t10-,12+;;/m0../s1. The van der Waals surface area contributed by atoms with Gasteiger partial charge < -0.3 is 10.6 Å². The third-order valence-corrected chi connectivity index (χ3v) is 4.54. The molecule has 1 aliphatic carbocycles. The summed E-state index contributed by atoms with van der Waals surface area (Å²) in [6, 6.07) is 0.216. The van der Waals surface area contributed by atoms with Crippen molar-refractivity contribution in [1.82, 2.24) is 9.88 Å². The molecule has 0 unspecified atom stereocenters. The molecular weight excluding hydrogens is 317 g/mol. The first-order valence-corrected chi connectivity index (χ1v) is 7.28. The van der Waals surface area contributed by atoms with E-state index in [0.717, 1.165) is 29.1 Å². The van der Waals surface area contributed by atoms with E-state index < -0.39 is 0 Å². The number of aryl methyl sites for hydroxylation is 1. The van der Waals surface area contributed by atoms with Crippen LogP contribution in [-0.2, 0) is 11.3 Å². The van der Waals surface area contributed by atoms with Gasteiger partial charge in [0.1, 0.15) is 0 Å². The Morgan fingerprint density at radius 3 is 2.70 bits per heavy atom. The number of hydrogen-bond donors (Lipinski definition) is 1. The van der Waals surface area contributed by atoms with Gasteiger partial charge in [-0.25, -0.2) is 4.98 Å². The minimum Gasteiger partial charge on any atom is -0.341 e. The zero-order valence-electron chi connectivity index (χ0n) is 11.9. The lowest BCUT2D eigenvalue weighted by Crippen LogP contribution is -2.32. The third-order valence-electron chi connectivity index (χ3n) is 3.64. The van der Waals surface area contributed by atoms with E-state index in [0.29, 0.717) is 18.9 Å². The summed E-state index contributed by atoms with van der Waals surface area (Å²) in [5.41, 5.74) is 6.00. The molecule has 0 aliphatic heterocycles. The molecule has 7 heteroatoms.